The number of amides is 1. The van der Waals surface area contributed by atoms with Gasteiger partial charge in [-0.15, -0.1) is 5.10 Å². The number of carbonyl (C=O) groups excluding carboxylic acids is 1. The summed E-state index contributed by atoms with van der Waals surface area (Å²) >= 11 is 6.01. The molecule has 0 saturated heterocycles. The highest BCUT2D eigenvalue weighted by molar-refractivity contribution is 6.31. The van der Waals surface area contributed by atoms with Gasteiger partial charge < -0.3 is 4.42 Å². The maximum Gasteiger partial charge on any atom is 0.294 e. The highest BCUT2D eigenvalue weighted by atomic mass is 35.5. The number of fused-ring (bicyclic) bond motifs is 1. The van der Waals surface area contributed by atoms with Crippen LogP contribution in [0.1, 0.15) is 21.7 Å². The summed E-state index contributed by atoms with van der Waals surface area (Å²) in [5, 5.41) is 8.35. The van der Waals surface area contributed by atoms with Crippen LogP contribution in [0.25, 0.3) is 11.0 Å². The van der Waals surface area contributed by atoms with Gasteiger partial charge in [0.25, 0.3) is 5.91 Å². The van der Waals surface area contributed by atoms with Crippen molar-refractivity contribution in [2.45, 2.75) is 13.5 Å². The summed E-state index contributed by atoms with van der Waals surface area (Å²) in [6.45, 7) is 2.39. The van der Waals surface area contributed by atoms with Crippen molar-refractivity contribution in [3.8, 4) is 0 Å². The topological polar surface area (TPSA) is 73.0 Å². The number of halogens is 1. The fourth-order valence-electron chi connectivity index (χ4n) is 2.77. The van der Waals surface area contributed by atoms with Gasteiger partial charge in [-0.1, -0.05) is 41.9 Å². The Morgan fingerprint density at radius 1 is 1.23 bits per heavy atom. The molecule has 0 bridgehead atoms. The number of nitrogens with one attached hydrogen (secondary N) is 1. The number of rotatable bonds is 4. The van der Waals surface area contributed by atoms with Crippen LogP contribution in [0.2, 0.25) is 5.02 Å². The molecule has 6 nitrogen and oxygen atoms in total. The van der Waals surface area contributed by atoms with Crippen molar-refractivity contribution in [3.63, 3.8) is 0 Å². The first-order chi connectivity index (χ1) is 12.6. The van der Waals surface area contributed by atoms with Gasteiger partial charge in [0.1, 0.15) is 11.9 Å². The molecule has 0 aliphatic rings. The molecule has 0 unspecified atom stereocenters. The number of hydrogen-bond acceptors (Lipinski definition) is 4. The Morgan fingerprint density at radius 3 is 2.85 bits per heavy atom. The predicted molar refractivity (Wildman–Crippen MR) is 99.5 cm³/mol. The van der Waals surface area contributed by atoms with Crippen molar-refractivity contribution in [2.75, 3.05) is 5.32 Å². The SMILES string of the molecule is Cc1c(C(=O)Nc2ncn(Cc3ccccc3)n2)oc2ccc(Cl)cc12. The third kappa shape index (κ3) is 3.19. The molecule has 4 rings (SSSR count). The molecule has 7 heteroatoms. The first kappa shape index (κ1) is 16.4. The van der Waals surface area contributed by atoms with Crippen molar-refractivity contribution in [1.82, 2.24) is 14.8 Å². The van der Waals surface area contributed by atoms with Crippen LogP contribution in [0, 0.1) is 6.92 Å². The molecular formula is C19H15ClN4O2. The highest BCUT2D eigenvalue weighted by Crippen LogP contribution is 2.28. The molecule has 0 saturated carbocycles. The number of benzene rings is 2. The molecule has 0 aliphatic heterocycles. The quantitative estimate of drug-likeness (QED) is 0.584. The van der Waals surface area contributed by atoms with Crippen molar-refractivity contribution in [1.29, 1.82) is 0 Å². The molecule has 0 spiro atoms. The second-order valence-corrected chi connectivity index (χ2v) is 6.34. The smallest absolute Gasteiger partial charge is 0.294 e. The molecule has 0 radical (unpaired) electrons. The first-order valence-corrected chi connectivity index (χ1v) is 8.41. The second-order valence-electron chi connectivity index (χ2n) is 5.90. The summed E-state index contributed by atoms with van der Waals surface area (Å²) in [4.78, 5) is 16.7. The van der Waals surface area contributed by atoms with Gasteiger partial charge in [-0.3, -0.25) is 10.1 Å². The van der Waals surface area contributed by atoms with Gasteiger partial charge in [0.2, 0.25) is 5.95 Å². The molecule has 0 fully saturated rings. The monoisotopic (exact) mass is 366 g/mol. The molecule has 26 heavy (non-hydrogen) atoms. The van der Waals surface area contributed by atoms with E-state index in [0.29, 0.717) is 17.2 Å². The van der Waals surface area contributed by atoms with E-state index in [1.807, 2.05) is 37.3 Å². The number of nitrogens with zero attached hydrogens (tertiary/aromatic N) is 3. The van der Waals surface area contributed by atoms with Crippen LogP contribution in [0.5, 0.6) is 0 Å². The summed E-state index contributed by atoms with van der Waals surface area (Å²) in [5.74, 6) is 0.0535. The zero-order valence-electron chi connectivity index (χ0n) is 13.9. The number of hydrogen-bond donors (Lipinski definition) is 1. The Balaban J connectivity index is 1.53. The first-order valence-electron chi connectivity index (χ1n) is 8.03. The van der Waals surface area contributed by atoms with E-state index in [-0.39, 0.29) is 11.7 Å². The van der Waals surface area contributed by atoms with Crippen LogP contribution >= 0.6 is 11.6 Å². The molecule has 0 atom stereocenters. The molecule has 0 aliphatic carbocycles. The molecule has 4 aromatic rings. The number of aromatic nitrogens is 3. The lowest BCUT2D eigenvalue weighted by atomic mass is 10.1. The Hall–Kier alpha value is -3.12. The summed E-state index contributed by atoms with van der Waals surface area (Å²) in [5.41, 5.74) is 2.43. The Kier molecular flexibility index (Phi) is 4.18. The summed E-state index contributed by atoms with van der Waals surface area (Å²) in [6, 6.07) is 15.1. The van der Waals surface area contributed by atoms with Gasteiger partial charge in [0.15, 0.2) is 5.76 Å². The van der Waals surface area contributed by atoms with Crippen LogP contribution in [0.4, 0.5) is 5.95 Å². The lowest BCUT2D eigenvalue weighted by Crippen LogP contribution is -2.13. The van der Waals surface area contributed by atoms with Gasteiger partial charge >= 0.3 is 0 Å². The van der Waals surface area contributed by atoms with E-state index < -0.39 is 5.91 Å². The molecule has 2 aromatic carbocycles. The number of carbonyl (C=O) groups is 1. The number of anilines is 1. The molecule has 2 heterocycles. The van der Waals surface area contributed by atoms with Gasteiger partial charge in [-0.25, -0.2) is 9.67 Å². The van der Waals surface area contributed by atoms with Crippen LogP contribution in [-0.4, -0.2) is 20.7 Å². The van der Waals surface area contributed by atoms with E-state index in [9.17, 15) is 4.79 Å². The van der Waals surface area contributed by atoms with Crippen molar-refractivity contribution < 1.29 is 9.21 Å². The van der Waals surface area contributed by atoms with E-state index in [1.54, 1.807) is 29.2 Å². The van der Waals surface area contributed by atoms with E-state index in [1.165, 1.54) is 0 Å². The molecule has 1 N–H and O–H groups in total. The van der Waals surface area contributed by atoms with Gasteiger partial charge in [0.05, 0.1) is 6.54 Å². The largest absolute Gasteiger partial charge is 0.451 e. The van der Waals surface area contributed by atoms with E-state index >= 15 is 0 Å². The van der Waals surface area contributed by atoms with E-state index in [0.717, 1.165) is 16.5 Å². The third-order valence-corrected chi connectivity index (χ3v) is 4.29. The van der Waals surface area contributed by atoms with Crippen LogP contribution in [0.15, 0.2) is 59.3 Å². The minimum absolute atomic E-state index is 0.224. The average Bonchev–Trinajstić information content (AvgIpc) is 3.20. The third-order valence-electron chi connectivity index (χ3n) is 4.05. The molecule has 2 aromatic heterocycles. The summed E-state index contributed by atoms with van der Waals surface area (Å²) in [6.07, 6.45) is 1.58. The summed E-state index contributed by atoms with van der Waals surface area (Å²) in [7, 11) is 0. The lowest BCUT2D eigenvalue weighted by molar-refractivity contribution is 0.0997. The van der Waals surface area contributed by atoms with Gasteiger partial charge in [0, 0.05) is 16.0 Å². The molecule has 1 amide bonds. The minimum Gasteiger partial charge on any atom is -0.451 e. The summed E-state index contributed by atoms with van der Waals surface area (Å²) < 4.78 is 7.32. The van der Waals surface area contributed by atoms with E-state index in [4.69, 9.17) is 16.0 Å². The van der Waals surface area contributed by atoms with E-state index in [2.05, 4.69) is 15.4 Å². The van der Waals surface area contributed by atoms with Crippen LogP contribution in [0.3, 0.4) is 0 Å². The van der Waals surface area contributed by atoms with Crippen molar-refractivity contribution in [3.05, 3.63) is 76.8 Å². The number of aryl methyl sites for hydroxylation is 1. The zero-order valence-corrected chi connectivity index (χ0v) is 14.7. The van der Waals surface area contributed by atoms with Gasteiger partial charge in [-0.2, -0.15) is 0 Å². The predicted octanol–water partition coefficient (Wildman–Crippen LogP) is 4.29. The van der Waals surface area contributed by atoms with Crippen molar-refractivity contribution >= 4 is 34.4 Å². The maximum atomic E-state index is 12.5. The lowest BCUT2D eigenvalue weighted by Gasteiger charge is -2.01. The number of furan rings is 1. The fourth-order valence-corrected chi connectivity index (χ4v) is 2.94. The normalized spacial score (nSPS) is 11.0. The minimum atomic E-state index is -0.396. The fraction of sp³-hybridized carbons (Fsp3) is 0.105. The Labute approximate surface area is 154 Å². The Morgan fingerprint density at radius 2 is 2.04 bits per heavy atom. The van der Waals surface area contributed by atoms with Crippen LogP contribution in [-0.2, 0) is 6.54 Å². The second kappa shape index (κ2) is 6.65. The zero-order chi connectivity index (χ0) is 18.1. The van der Waals surface area contributed by atoms with Crippen LogP contribution < -0.4 is 5.32 Å². The van der Waals surface area contributed by atoms with Gasteiger partial charge in [-0.05, 0) is 30.7 Å². The van der Waals surface area contributed by atoms with Crippen molar-refractivity contribution in [2.24, 2.45) is 0 Å². The average molecular weight is 367 g/mol. The molecular weight excluding hydrogens is 352 g/mol. The Bertz CT molecular complexity index is 1090. The highest BCUT2D eigenvalue weighted by Gasteiger charge is 2.19. The standard InChI is InChI=1S/C19H15ClN4O2/c1-12-15-9-14(20)7-8-16(15)26-17(12)18(25)22-19-21-11-24(23-19)10-13-5-3-2-4-6-13/h2-9,11H,10H2,1H3,(H,22,23,25). The molecule has 130 valence electrons. The maximum absolute atomic E-state index is 12.5.